The van der Waals surface area contributed by atoms with Gasteiger partial charge in [0, 0.05) is 16.5 Å². The van der Waals surface area contributed by atoms with E-state index >= 15 is 0 Å². The molecule has 0 N–H and O–H groups in total. The van der Waals surface area contributed by atoms with Gasteiger partial charge in [0.25, 0.3) is 0 Å². The van der Waals surface area contributed by atoms with Gasteiger partial charge < -0.3 is 4.57 Å². The van der Waals surface area contributed by atoms with Crippen molar-refractivity contribution in [3.8, 4) is 61.3 Å². The molecular formula is C73H77N. The lowest BCUT2D eigenvalue weighted by Gasteiger charge is -2.23. The zero-order valence-corrected chi connectivity index (χ0v) is 46.1. The number of aryl methyl sites for hydroxylation is 3. The van der Waals surface area contributed by atoms with Gasteiger partial charge in [-0.1, -0.05) is 297 Å². The molecule has 0 atom stereocenters. The molecule has 0 aliphatic carbocycles. The number of para-hydroxylation sites is 1. The lowest BCUT2D eigenvalue weighted by Crippen LogP contribution is -2.12. The van der Waals surface area contributed by atoms with E-state index in [2.05, 4.69) is 283 Å². The first-order valence-electron chi connectivity index (χ1n) is 26.7. The Morgan fingerprint density at radius 2 is 0.635 bits per heavy atom. The fourth-order valence-corrected chi connectivity index (χ4v) is 9.01. The predicted molar refractivity (Wildman–Crippen MR) is 328 cm³/mol. The van der Waals surface area contributed by atoms with E-state index in [1.165, 1.54) is 105 Å². The third-order valence-corrected chi connectivity index (χ3v) is 12.7. The lowest BCUT2D eigenvalue weighted by molar-refractivity contribution is 0.592. The molecule has 0 fully saturated rings. The zero-order valence-electron chi connectivity index (χ0n) is 46.1. The lowest BCUT2D eigenvalue weighted by atomic mass is 9.82. The molecule has 0 spiro atoms. The Labute approximate surface area is 444 Å². The summed E-state index contributed by atoms with van der Waals surface area (Å²) in [7, 11) is 0. The number of benzene rings is 10. The van der Waals surface area contributed by atoms with E-state index in [4.69, 9.17) is 0 Å². The average Bonchev–Trinajstić information content (AvgIpc) is 3.80. The standard InChI is InChI=1S/C41H35N.2C13H12.3C2H6/c1-28-19-21-29(22-20-28)30-11-9-12-31(25-30)32-23-24-37-36-16-6-8-18-39(36)42(40(37)27-32)34-14-10-13-33(26-34)35-15-5-7-17-38(35)41(2,3)4;2*1-11-7-9-13(10-8-11)12-5-3-2-4-6-12;3*1-2/h5-27H,1-4H3;2*2-10H,1H3;3*1-2H3. The van der Waals surface area contributed by atoms with Crippen molar-refractivity contribution in [3.63, 3.8) is 0 Å². The molecular weight excluding hydrogens is 891 g/mol. The molecule has 1 nitrogen and oxygen atoms in total. The van der Waals surface area contributed by atoms with Crippen LogP contribution in [-0.4, -0.2) is 4.57 Å². The summed E-state index contributed by atoms with van der Waals surface area (Å²) in [5, 5.41) is 2.54. The van der Waals surface area contributed by atoms with Crippen molar-refractivity contribution in [3.05, 3.63) is 271 Å². The molecule has 11 rings (SSSR count). The molecule has 1 heterocycles. The van der Waals surface area contributed by atoms with Crippen LogP contribution in [0.4, 0.5) is 0 Å². The van der Waals surface area contributed by atoms with Gasteiger partial charge in [0.2, 0.25) is 0 Å². The van der Waals surface area contributed by atoms with E-state index in [-0.39, 0.29) is 5.41 Å². The van der Waals surface area contributed by atoms with Gasteiger partial charge >= 0.3 is 0 Å². The maximum atomic E-state index is 2.43. The monoisotopic (exact) mass is 968 g/mol. The van der Waals surface area contributed by atoms with Gasteiger partial charge in [-0.15, -0.1) is 0 Å². The third-order valence-electron chi connectivity index (χ3n) is 12.7. The number of rotatable bonds is 6. The molecule has 1 heteroatoms. The van der Waals surface area contributed by atoms with Gasteiger partial charge in [-0.3, -0.25) is 0 Å². The van der Waals surface area contributed by atoms with Crippen molar-refractivity contribution in [2.45, 2.75) is 88.5 Å². The van der Waals surface area contributed by atoms with Crippen LogP contribution in [0.2, 0.25) is 0 Å². The minimum Gasteiger partial charge on any atom is -0.309 e. The van der Waals surface area contributed by atoms with Crippen molar-refractivity contribution < 1.29 is 0 Å². The highest BCUT2D eigenvalue weighted by Crippen LogP contribution is 2.38. The molecule has 0 radical (unpaired) electrons. The summed E-state index contributed by atoms with van der Waals surface area (Å²) in [5.41, 5.74) is 21.5. The van der Waals surface area contributed by atoms with Crippen LogP contribution in [0.1, 0.15) is 84.6 Å². The topological polar surface area (TPSA) is 4.93 Å². The van der Waals surface area contributed by atoms with Crippen molar-refractivity contribution in [1.82, 2.24) is 4.57 Å². The third kappa shape index (κ3) is 13.9. The van der Waals surface area contributed by atoms with Crippen LogP contribution in [0, 0.1) is 20.8 Å². The quantitative estimate of drug-likeness (QED) is 0.156. The summed E-state index contributed by atoms with van der Waals surface area (Å²) in [6, 6.07) is 89.2. The molecule has 10 aromatic carbocycles. The van der Waals surface area contributed by atoms with E-state index in [9.17, 15) is 0 Å². The number of aromatic nitrogens is 1. The van der Waals surface area contributed by atoms with E-state index < -0.39 is 0 Å². The minimum absolute atomic E-state index is 0.0570. The van der Waals surface area contributed by atoms with Crippen LogP contribution >= 0.6 is 0 Å². The minimum atomic E-state index is 0.0570. The fourth-order valence-electron chi connectivity index (χ4n) is 9.01. The number of fused-ring (bicyclic) bond motifs is 3. The summed E-state index contributed by atoms with van der Waals surface area (Å²) in [5.74, 6) is 0. The molecule has 74 heavy (non-hydrogen) atoms. The SMILES string of the molecule is CC.CC.CC.Cc1ccc(-c2cccc(-c3ccc4c5ccccc5n(-c5cccc(-c6ccccc6C(C)(C)C)c5)c4c3)c2)cc1.Cc1ccc(-c2ccccc2)cc1.Cc1ccc(-c2ccccc2)cc1. The highest BCUT2D eigenvalue weighted by atomic mass is 15.0. The van der Waals surface area contributed by atoms with Gasteiger partial charge in [-0.2, -0.15) is 0 Å². The molecule has 0 aliphatic rings. The second-order valence-corrected chi connectivity index (χ2v) is 18.8. The van der Waals surface area contributed by atoms with Gasteiger partial charge in [0.15, 0.2) is 0 Å². The van der Waals surface area contributed by atoms with Gasteiger partial charge in [-0.05, 0) is 118 Å². The van der Waals surface area contributed by atoms with Gasteiger partial charge in [0.1, 0.15) is 0 Å². The Bertz CT molecular complexity index is 3320. The highest BCUT2D eigenvalue weighted by molar-refractivity contribution is 6.10. The summed E-state index contributed by atoms with van der Waals surface area (Å²) < 4.78 is 2.43. The van der Waals surface area contributed by atoms with Crippen molar-refractivity contribution >= 4 is 21.8 Å². The van der Waals surface area contributed by atoms with Crippen LogP contribution in [0.25, 0.3) is 83.1 Å². The first-order chi connectivity index (χ1) is 36.1. The average molecular weight is 968 g/mol. The molecule has 0 bridgehead atoms. The Hall–Kier alpha value is -8.00. The summed E-state index contributed by atoms with van der Waals surface area (Å²) >= 11 is 0. The van der Waals surface area contributed by atoms with Crippen LogP contribution in [0.3, 0.4) is 0 Å². The van der Waals surface area contributed by atoms with Crippen LogP contribution < -0.4 is 0 Å². The zero-order chi connectivity index (χ0) is 53.0. The Morgan fingerprint density at radius 1 is 0.270 bits per heavy atom. The predicted octanol–water partition coefficient (Wildman–Crippen LogP) is 21.8. The first-order valence-corrected chi connectivity index (χ1v) is 26.7. The Morgan fingerprint density at radius 3 is 1.16 bits per heavy atom. The maximum absolute atomic E-state index is 2.43. The molecule has 0 amide bonds. The van der Waals surface area contributed by atoms with Crippen LogP contribution in [0.5, 0.6) is 0 Å². The Balaban J connectivity index is 0.000000226. The van der Waals surface area contributed by atoms with E-state index in [1.54, 1.807) is 0 Å². The number of nitrogens with zero attached hydrogens (tertiary/aromatic N) is 1. The van der Waals surface area contributed by atoms with E-state index in [0.29, 0.717) is 0 Å². The largest absolute Gasteiger partial charge is 0.309 e. The first kappa shape index (κ1) is 55.3. The van der Waals surface area contributed by atoms with Crippen LogP contribution in [-0.2, 0) is 5.41 Å². The fraction of sp³-hybridized carbons (Fsp3) is 0.178. The Kier molecular flexibility index (Phi) is 20.3. The summed E-state index contributed by atoms with van der Waals surface area (Å²) in [4.78, 5) is 0. The number of hydrogen-bond donors (Lipinski definition) is 0. The molecule has 0 saturated heterocycles. The molecule has 11 aromatic rings. The summed E-state index contributed by atoms with van der Waals surface area (Å²) in [6.07, 6.45) is 0. The van der Waals surface area contributed by atoms with Crippen molar-refractivity contribution in [1.29, 1.82) is 0 Å². The van der Waals surface area contributed by atoms with E-state index in [0.717, 1.165) is 0 Å². The maximum Gasteiger partial charge on any atom is 0.0547 e. The van der Waals surface area contributed by atoms with Gasteiger partial charge in [0.05, 0.1) is 11.0 Å². The smallest absolute Gasteiger partial charge is 0.0547 e. The highest BCUT2D eigenvalue weighted by Gasteiger charge is 2.19. The second-order valence-electron chi connectivity index (χ2n) is 18.8. The summed E-state index contributed by atoms with van der Waals surface area (Å²) in [6.45, 7) is 25.2. The molecule has 0 saturated carbocycles. The second kappa shape index (κ2) is 27.2. The van der Waals surface area contributed by atoms with Crippen LogP contribution in [0.15, 0.2) is 249 Å². The molecule has 0 aliphatic heterocycles. The molecule has 374 valence electrons. The molecule has 1 aromatic heterocycles. The van der Waals surface area contributed by atoms with E-state index in [1.807, 2.05) is 53.7 Å². The number of hydrogen-bond acceptors (Lipinski definition) is 0. The molecule has 0 unspecified atom stereocenters. The normalized spacial score (nSPS) is 10.4. The van der Waals surface area contributed by atoms with Gasteiger partial charge in [-0.25, -0.2) is 0 Å². The van der Waals surface area contributed by atoms with Crippen molar-refractivity contribution in [2.75, 3.05) is 0 Å². The van der Waals surface area contributed by atoms with Crippen molar-refractivity contribution in [2.24, 2.45) is 0 Å².